The van der Waals surface area contributed by atoms with Crippen LogP contribution in [0.3, 0.4) is 0 Å². The number of aromatic nitrogens is 1. The molecule has 0 spiro atoms. The number of carbonyl (C=O) groups excluding carboxylic acids is 1. The molecule has 1 aromatic rings. The fraction of sp³-hybridized carbons (Fsp3) is 0.333. The van der Waals surface area contributed by atoms with Crippen LogP contribution in [0.5, 0.6) is 5.75 Å². The molecule has 1 heterocycles. The van der Waals surface area contributed by atoms with Gasteiger partial charge < -0.3 is 22.0 Å². The van der Waals surface area contributed by atoms with E-state index in [9.17, 15) is 4.79 Å². The van der Waals surface area contributed by atoms with Crippen LogP contribution in [0.4, 0.5) is 4.79 Å². The van der Waals surface area contributed by atoms with Gasteiger partial charge in [-0.25, -0.2) is 9.36 Å². The second-order valence-electron chi connectivity index (χ2n) is 2.97. The number of aryl methyl sites for hydroxylation is 1. The van der Waals surface area contributed by atoms with Gasteiger partial charge in [-0.1, -0.05) is 0 Å². The molecule has 0 bridgehead atoms. The first kappa shape index (κ1) is 12.7. The van der Waals surface area contributed by atoms with Gasteiger partial charge in [-0.3, -0.25) is 0 Å². The van der Waals surface area contributed by atoms with Gasteiger partial charge >= 0.3 is 6.09 Å². The van der Waals surface area contributed by atoms with E-state index in [0.29, 0.717) is 5.75 Å². The van der Waals surface area contributed by atoms with Gasteiger partial charge in [-0.2, -0.15) is 0 Å². The molecule has 14 heavy (non-hydrogen) atoms. The summed E-state index contributed by atoms with van der Waals surface area (Å²) >= 11 is 0. The van der Waals surface area contributed by atoms with E-state index in [1.807, 2.05) is 23.9 Å². The fourth-order valence-electron chi connectivity index (χ4n) is 0.813. The van der Waals surface area contributed by atoms with Crippen molar-refractivity contribution in [3.05, 3.63) is 24.5 Å². The summed E-state index contributed by atoms with van der Waals surface area (Å²) in [5.41, 5.74) is 0. The number of hydrogen-bond donors (Lipinski definition) is 0. The lowest BCUT2D eigenvalue weighted by atomic mass is 10.4. The summed E-state index contributed by atoms with van der Waals surface area (Å²) in [7, 11) is 5.16. The zero-order valence-electron chi connectivity index (χ0n) is 8.40. The minimum atomic E-state index is -0.369. The van der Waals surface area contributed by atoms with Crippen LogP contribution in [-0.4, -0.2) is 25.1 Å². The fourth-order valence-corrected chi connectivity index (χ4v) is 0.813. The van der Waals surface area contributed by atoms with Crippen molar-refractivity contribution in [2.75, 3.05) is 14.1 Å². The third kappa shape index (κ3) is 3.62. The quantitative estimate of drug-likeness (QED) is 0.490. The van der Waals surface area contributed by atoms with E-state index in [4.69, 9.17) is 4.74 Å². The van der Waals surface area contributed by atoms with Crippen LogP contribution < -0.4 is 21.7 Å². The molecule has 5 heteroatoms. The maximum absolute atomic E-state index is 11.1. The highest BCUT2D eigenvalue weighted by molar-refractivity contribution is 5.69. The van der Waals surface area contributed by atoms with Crippen LogP contribution in [0.15, 0.2) is 24.5 Å². The molecule has 0 radical (unpaired) electrons. The highest BCUT2D eigenvalue weighted by Crippen LogP contribution is 2.05. The molecule has 0 aliphatic rings. The van der Waals surface area contributed by atoms with Gasteiger partial charge in [0.2, 0.25) is 6.20 Å². The Balaban J connectivity index is 0.00000169. The molecule has 78 valence electrons. The molecular weight excluding hydrogens is 204 g/mol. The van der Waals surface area contributed by atoms with Crippen molar-refractivity contribution in [3.63, 3.8) is 0 Å². The Labute approximate surface area is 89.5 Å². The number of pyridine rings is 1. The van der Waals surface area contributed by atoms with Gasteiger partial charge in [0, 0.05) is 20.2 Å². The van der Waals surface area contributed by atoms with Crippen molar-refractivity contribution in [2.45, 2.75) is 0 Å². The Hall–Kier alpha value is -1.29. The van der Waals surface area contributed by atoms with Crippen molar-refractivity contribution < 1.29 is 26.5 Å². The first-order valence-corrected chi connectivity index (χ1v) is 3.94. The lowest BCUT2D eigenvalue weighted by molar-refractivity contribution is -0.671. The topological polar surface area (TPSA) is 33.4 Å². The Morgan fingerprint density at radius 1 is 1.50 bits per heavy atom. The largest absolute Gasteiger partial charge is 1.00 e. The second kappa shape index (κ2) is 5.44. The van der Waals surface area contributed by atoms with Crippen molar-refractivity contribution in [3.8, 4) is 5.75 Å². The van der Waals surface area contributed by atoms with E-state index in [1.54, 1.807) is 26.4 Å². The molecule has 0 aliphatic carbocycles. The molecule has 0 aromatic carbocycles. The van der Waals surface area contributed by atoms with Gasteiger partial charge in [0.15, 0.2) is 11.9 Å². The summed E-state index contributed by atoms with van der Waals surface area (Å²) in [6, 6.07) is 3.56. The maximum Gasteiger partial charge on any atom is 0.414 e. The van der Waals surface area contributed by atoms with E-state index < -0.39 is 0 Å². The minimum Gasteiger partial charge on any atom is -1.00 e. The van der Waals surface area contributed by atoms with Gasteiger partial charge in [0.1, 0.15) is 7.05 Å². The highest BCUT2D eigenvalue weighted by Gasteiger charge is 2.08. The zero-order chi connectivity index (χ0) is 9.84. The van der Waals surface area contributed by atoms with Gasteiger partial charge in [-0.05, 0) is 6.07 Å². The molecule has 0 atom stereocenters. The summed E-state index contributed by atoms with van der Waals surface area (Å²) in [5.74, 6) is 0.545. The molecule has 4 nitrogen and oxygen atoms in total. The number of carbonyl (C=O) groups is 1. The molecule has 0 saturated carbocycles. The summed E-state index contributed by atoms with van der Waals surface area (Å²) in [6.45, 7) is 0. The Kier molecular flexibility index (Phi) is 4.94. The third-order valence-corrected chi connectivity index (χ3v) is 1.48. The number of hydrogen-bond acceptors (Lipinski definition) is 2. The Morgan fingerprint density at radius 3 is 2.64 bits per heavy atom. The van der Waals surface area contributed by atoms with E-state index >= 15 is 0 Å². The first-order valence-electron chi connectivity index (χ1n) is 3.94. The Bertz CT molecular complexity index is 315. The van der Waals surface area contributed by atoms with Crippen LogP contribution in [0.1, 0.15) is 0 Å². The molecule has 1 amide bonds. The minimum absolute atomic E-state index is 0. The number of nitrogens with zero attached hydrogens (tertiary/aromatic N) is 2. The summed E-state index contributed by atoms with van der Waals surface area (Å²) in [6.07, 6.45) is 3.24. The SMILES string of the molecule is CN(C)C(=O)Oc1ccc[n+](C)c1.[Cl-]. The highest BCUT2D eigenvalue weighted by atomic mass is 35.5. The predicted molar refractivity (Wildman–Crippen MR) is 47.3 cm³/mol. The van der Waals surface area contributed by atoms with Gasteiger partial charge in [0.05, 0.1) is 0 Å². The summed E-state index contributed by atoms with van der Waals surface area (Å²) in [5, 5.41) is 0. The van der Waals surface area contributed by atoms with Crippen LogP contribution in [-0.2, 0) is 7.05 Å². The second-order valence-corrected chi connectivity index (χ2v) is 2.97. The van der Waals surface area contributed by atoms with Crippen LogP contribution >= 0.6 is 0 Å². The lowest BCUT2D eigenvalue weighted by Crippen LogP contribution is -3.00. The van der Waals surface area contributed by atoms with Crippen molar-refractivity contribution >= 4 is 6.09 Å². The van der Waals surface area contributed by atoms with Crippen molar-refractivity contribution in [1.29, 1.82) is 0 Å². The van der Waals surface area contributed by atoms with E-state index in [-0.39, 0.29) is 18.5 Å². The van der Waals surface area contributed by atoms with E-state index in [0.717, 1.165) is 0 Å². The van der Waals surface area contributed by atoms with Gasteiger partial charge in [0.25, 0.3) is 0 Å². The smallest absolute Gasteiger partial charge is 0.414 e. The monoisotopic (exact) mass is 216 g/mol. The number of ether oxygens (including phenoxy) is 1. The van der Waals surface area contributed by atoms with Crippen LogP contribution in [0.25, 0.3) is 0 Å². The standard InChI is InChI=1S/C9H13N2O2.ClH/c1-10(2)9(12)13-8-5-4-6-11(3)7-8;/h4-7H,1-3H3;1H/q+1;/p-1. The molecular formula is C9H13ClN2O2. The molecule has 1 rings (SSSR count). The number of amides is 1. The molecule has 1 aromatic heterocycles. The van der Waals surface area contributed by atoms with E-state index in [2.05, 4.69) is 0 Å². The predicted octanol–water partition coefficient (Wildman–Crippen LogP) is -2.42. The molecule has 0 fully saturated rings. The molecule has 0 saturated heterocycles. The third-order valence-electron chi connectivity index (χ3n) is 1.48. The van der Waals surface area contributed by atoms with Gasteiger partial charge in [-0.15, -0.1) is 0 Å². The summed E-state index contributed by atoms with van der Waals surface area (Å²) < 4.78 is 6.84. The zero-order valence-corrected chi connectivity index (χ0v) is 9.15. The molecule has 0 aliphatic heterocycles. The Morgan fingerprint density at radius 2 is 2.14 bits per heavy atom. The number of rotatable bonds is 1. The van der Waals surface area contributed by atoms with Crippen LogP contribution in [0.2, 0.25) is 0 Å². The average Bonchev–Trinajstić information content (AvgIpc) is 2.04. The van der Waals surface area contributed by atoms with E-state index in [1.165, 1.54) is 4.90 Å². The van der Waals surface area contributed by atoms with Crippen LogP contribution in [0, 0.1) is 0 Å². The van der Waals surface area contributed by atoms with Crippen molar-refractivity contribution in [2.24, 2.45) is 7.05 Å². The summed E-state index contributed by atoms with van der Waals surface area (Å²) in [4.78, 5) is 12.5. The lowest BCUT2D eigenvalue weighted by Gasteiger charge is -2.09. The molecule has 0 N–H and O–H groups in total. The number of halogens is 1. The molecule has 0 unspecified atom stereocenters. The average molecular weight is 217 g/mol. The maximum atomic E-state index is 11.1. The van der Waals surface area contributed by atoms with Crippen molar-refractivity contribution in [1.82, 2.24) is 4.90 Å². The normalized spacial score (nSPS) is 8.79. The first-order chi connectivity index (χ1) is 6.09.